The van der Waals surface area contributed by atoms with E-state index in [4.69, 9.17) is 0 Å². The molecule has 2 heterocycles. The molecule has 1 aromatic carbocycles. The van der Waals surface area contributed by atoms with Crippen LogP contribution in [0.5, 0.6) is 0 Å². The number of carbonyl (C=O) groups excluding carboxylic acids is 3. The highest BCUT2D eigenvalue weighted by Crippen LogP contribution is 2.23. The molecule has 2 saturated heterocycles. The van der Waals surface area contributed by atoms with Crippen LogP contribution < -0.4 is 5.32 Å². The molecule has 140 valence electrons. The van der Waals surface area contributed by atoms with Gasteiger partial charge < -0.3 is 10.2 Å². The van der Waals surface area contributed by atoms with Crippen molar-refractivity contribution in [2.24, 2.45) is 5.92 Å². The molecule has 0 aliphatic carbocycles. The van der Waals surface area contributed by atoms with Crippen molar-refractivity contribution in [2.75, 3.05) is 26.2 Å². The number of imide groups is 1. The van der Waals surface area contributed by atoms with Crippen LogP contribution in [-0.4, -0.2) is 53.8 Å². The maximum atomic E-state index is 12.4. The number of benzene rings is 1. The Labute approximate surface area is 154 Å². The van der Waals surface area contributed by atoms with Crippen molar-refractivity contribution in [3.63, 3.8) is 0 Å². The molecule has 0 saturated carbocycles. The molecule has 6 nitrogen and oxygen atoms in total. The lowest BCUT2D eigenvalue weighted by molar-refractivity contribution is -0.139. The van der Waals surface area contributed by atoms with Gasteiger partial charge in [-0.3, -0.25) is 14.5 Å². The lowest BCUT2D eigenvalue weighted by Crippen LogP contribution is -2.54. The van der Waals surface area contributed by atoms with E-state index in [-0.39, 0.29) is 24.8 Å². The molecule has 0 radical (unpaired) electrons. The van der Waals surface area contributed by atoms with E-state index in [1.165, 1.54) is 18.4 Å². The van der Waals surface area contributed by atoms with Crippen LogP contribution in [0, 0.1) is 5.92 Å². The summed E-state index contributed by atoms with van der Waals surface area (Å²) < 4.78 is 0. The molecule has 2 aliphatic heterocycles. The molecule has 0 unspecified atom stereocenters. The van der Waals surface area contributed by atoms with E-state index in [2.05, 4.69) is 29.6 Å². The molecule has 3 rings (SSSR count). The zero-order valence-electron chi connectivity index (χ0n) is 15.2. The van der Waals surface area contributed by atoms with Crippen molar-refractivity contribution in [3.8, 4) is 0 Å². The SMILES string of the molecule is O=C(CN1C(=O)CCNC1=O)N1CCC(CCCc2ccccc2)CC1. The van der Waals surface area contributed by atoms with Crippen LogP contribution in [0.2, 0.25) is 0 Å². The van der Waals surface area contributed by atoms with Gasteiger partial charge in [0.15, 0.2) is 0 Å². The number of hydrogen-bond donors (Lipinski definition) is 1. The second kappa shape index (κ2) is 8.83. The number of aryl methyl sites for hydroxylation is 1. The molecule has 0 atom stereocenters. The third-order valence-corrected chi connectivity index (χ3v) is 5.34. The topological polar surface area (TPSA) is 69.7 Å². The number of nitrogens with zero attached hydrogens (tertiary/aromatic N) is 2. The van der Waals surface area contributed by atoms with Crippen molar-refractivity contribution < 1.29 is 14.4 Å². The number of nitrogens with one attached hydrogen (secondary N) is 1. The summed E-state index contributed by atoms with van der Waals surface area (Å²) in [5, 5.41) is 2.61. The summed E-state index contributed by atoms with van der Waals surface area (Å²) in [5.74, 6) is 0.263. The van der Waals surface area contributed by atoms with Crippen LogP contribution in [0.3, 0.4) is 0 Å². The van der Waals surface area contributed by atoms with E-state index in [0.717, 1.165) is 37.3 Å². The van der Waals surface area contributed by atoms with Crippen LogP contribution in [0.15, 0.2) is 30.3 Å². The Morgan fingerprint density at radius 2 is 1.85 bits per heavy atom. The highest BCUT2D eigenvalue weighted by atomic mass is 16.2. The Kier molecular flexibility index (Phi) is 6.26. The highest BCUT2D eigenvalue weighted by molar-refractivity contribution is 6.00. The summed E-state index contributed by atoms with van der Waals surface area (Å²) in [4.78, 5) is 38.8. The number of likely N-dealkylation sites (tertiary alicyclic amines) is 1. The number of urea groups is 1. The quantitative estimate of drug-likeness (QED) is 0.848. The van der Waals surface area contributed by atoms with Crippen molar-refractivity contribution in [3.05, 3.63) is 35.9 Å². The van der Waals surface area contributed by atoms with Crippen LogP contribution in [0.25, 0.3) is 0 Å². The van der Waals surface area contributed by atoms with Crippen molar-refractivity contribution >= 4 is 17.8 Å². The normalized spacial score (nSPS) is 18.8. The van der Waals surface area contributed by atoms with Crippen molar-refractivity contribution in [1.82, 2.24) is 15.1 Å². The molecule has 0 aromatic heterocycles. The number of rotatable bonds is 6. The smallest absolute Gasteiger partial charge is 0.324 e. The first-order valence-electron chi connectivity index (χ1n) is 9.53. The maximum Gasteiger partial charge on any atom is 0.324 e. The van der Waals surface area contributed by atoms with Gasteiger partial charge in [0.1, 0.15) is 6.54 Å². The molecule has 26 heavy (non-hydrogen) atoms. The predicted octanol–water partition coefficient (Wildman–Crippen LogP) is 2.19. The monoisotopic (exact) mass is 357 g/mol. The van der Waals surface area contributed by atoms with Gasteiger partial charge in [-0.25, -0.2) is 4.79 Å². The molecule has 1 N–H and O–H groups in total. The summed E-state index contributed by atoms with van der Waals surface area (Å²) in [7, 11) is 0. The molecular formula is C20H27N3O3. The Morgan fingerprint density at radius 3 is 2.54 bits per heavy atom. The molecule has 6 heteroatoms. The molecule has 2 fully saturated rings. The van der Waals surface area contributed by atoms with Crippen LogP contribution in [0.4, 0.5) is 4.79 Å². The van der Waals surface area contributed by atoms with Crippen LogP contribution in [0.1, 0.15) is 37.7 Å². The van der Waals surface area contributed by atoms with Crippen LogP contribution >= 0.6 is 0 Å². The number of amides is 4. The van der Waals surface area contributed by atoms with Gasteiger partial charge in [0, 0.05) is 26.1 Å². The van der Waals surface area contributed by atoms with E-state index < -0.39 is 6.03 Å². The minimum absolute atomic E-state index is 0.127. The Hall–Kier alpha value is -2.37. The fourth-order valence-electron chi connectivity index (χ4n) is 3.73. The number of hydrogen-bond acceptors (Lipinski definition) is 3. The Balaban J connectivity index is 1.38. The summed E-state index contributed by atoms with van der Waals surface area (Å²) in [6, 6.07) is 10.1. The summed E-state index contributed by atoms with van der Waals surface area (Å²) in [6.45, 7) is 1.66. The van der Waals surface area contributed by atoms with E-state index in [0.29, 0.717) is 12.5 Å². The number of carbonyl (C=O) groups is 3. The average Bonchev–Trinajstić information content (AvgIpc) is 2.66. The first kappa shape index (κ1) is 18.4. The van der Waals surface area contributed by atoms with Gasteiger partial charge in [-0.2, -0.15) is 0 Å². The van der Waals surface area contributed by atoms with Gasteiger partial charge in [-0.1, -0.05) is 30.3 Å². The average molecular weight is 357 g/mol. The van der Waals surface area contributed by atoms with Gasteiger partial charge in [0.05, 0.1) is 0 Å². The van der Waals surface area contributed by atoms with Crippen molar-refractivity contribution in [2.45, 2.75) is 38.5 Å². The van der Waals surface area contributed by atoms with E-state index in [1.54, 1.807) is 4.90 Å². The minimum atomic E-state index is -0.453. The largest absolute Gasteiger partial charge is 0.341 e. The summed E-state index contributed by atoms with van der Waals surface area (Å²) in [6.07, 6.45) is 5.73. The fraction of sp³-hybridized carbons (Fsp3) is 0.550. The first-order chi connectivity index (χ1) is 12.6. The lowest BCUT2D eigenvalue weighted by atomic mass is 9.90. The van der Waals surface area contributed by atoms with E-state index in [1.807, 2.05) is 6.07 Å². The van der Waals surface area contributed by atoms with E-state index >= 15 is 0 Å². The summed E-state index contributed by atoms with van der Waals surface area (Å²) in [5.41, 5.74) is 1.38. The van der Waals surface area contributed by atoms with Crippen molar-refractivity contribution in [1.29, 1.82) is 0 Å². The highest BCUT2D eigenvalue weighted by Gasteiger charge is 2.30. The minimum Gasteiger partial charge on any atom is -0.341 e. The van der Waals surface area contributed by atoms with Crippen LogP contribution in [-0.2, 0) is 16.0 Å². The lowest BCUT2D eigenvalue weighted by Gasteiger charge is -2.34. The second-order valence-corrected chi connectivity index (χ2v) is 7.16. The Morgan fingerprint density at radius 1 is 1.12 bits per heavy atom. The molecule has 2 aliphatic rings. The van der Waals surface area contributed by atoms with Gasteiger partial charge in [-0.15, -0.1) is 0 Å². The second-order valence-electron chi connectivity index (χ2n) is 7.16. The zero-order valence-corrected chi connectivity index (χ0v) is 15.2. The Bertz CT molecular complexity index is 623. The zero-order chi connectivity index (χ0) is 18.4. The number of piperidine rings is 1. The fourth-order valence-corrected chi connectivity index (χ4v) is 3.73. The third-order valence-electron chi connectivity index (χ3n) is 5.34. The van der Waals surface area contributed by atoms with Gasteiger partial charge in [-0.05, 0) is 43.6 Å². The molecule has 0 bridgehead atoms. The molecular weight excluding hydrogens is 330 g/mol. The first-order valence-corrected chi connectivity index (χ1v) is 9.53. The van der Waals surface area contributed by atoms with E-state index in [9.17, 15) is 14.4 Å². The van der Waals surface area contributed by atoms with Gasteiger partial charge >= 0.3 is 6.03 Å². The van der Waals surface area contributed by atoms with Gasteiger partial charge in [0.25, 0.3) is 0 Å². The maximum absolute atomic E-state index is 12.4. The van der Waals surface area contributed by atoms with Gasteiger partial charge in [0.2, 0.25) is 11.8 Å². The predicted molar refractivity (Wildman–Crippen MR) is 98.4 cm³/mol. The third kappa shape index (κ3) is 4.84. The molecule has 4 amide bonds. The summed E-state index contributed by atoms with van der Waals surface area (Å²) >= 11 is 0. The molecule has 0 spiro atoms. The molecule has 1 aromatic rings. The standard InChI is InChI=1S/C20H27N3O3/c24-18-9-12-21-20(26)23(18)15-19(25)22-13-10-17(11-14-22)8-4-7-16-5-2-1-3-6-16/h1-3,5-6,17H,4,7-15H2,(H,21,26).